The number of rotatable bonds is 3. The van der Waals surface area contributed by atoms with E-state index in [0.717, 1.165) is 32.6 Å². The van der Waals surface area contributed by atoms with E-state index >= 15 is 0 Å². The zero-order valence-corrected chi connectivity index (χ0v) is 14.4. The largest absolute Gasteiger partial charge is 0.349 e. The molecule has 0 bridgehead atoms. The summed E-state index contributed by atoms with van der Waals surface area (Å²) in [5, 5.41) is 11.5. The molecule has 0 aliphatic rings. The predicted molar refractivity (Wildman–Crippen MR) is 96.8 cm³/mol. The van der Waals surface area contributed by atoms with E-state index < -0.39 is 0 Å². The van der Waals surface area contributed by atoms with E-state index in [0.29, 0.717) is 10.7 Å². The van der Waals surface area contributed by atoms with E-state index in [9.17, 15) is 5.26 Å². The number of nitrogens with zero attached hydrogens (tertiary/aromatic N) is 3. The second kappa shape index (κ2) is 6.11. The van der Waals surface area contributed by atoms with Gasteiger partial charge in [-0.05, 0) is 47.2 Å². The molecule has 23 heavy (non-hydrogen) atoms. The molecule has 3 nitrogen and oxygen atoms in total. The normalized spacial score (nSPS) is 10.7. The average molecular weight is 340 g/mol. The summed E-state index contributed by atoms with van der Waals surface area (Å²) >= 11 is 7.63. The van der Waals surface area contributed by atoms with Crippen molar-refractivity contribution in [1.82, 2.24) is 9.55 Å². The van der Waals surface area contributed by atoms with Crippen LogP contribution in [0.5, 0.6) is 0 Å². The summed E-state index contributed by atoms with van der Waals surface area (Å²) in [6.07, 6.45) is 3.80. The van der Waals surface area contributed by atoms with Crippen LogP contribution < -0.4 is 0 Å². The standard InChI is InChI=1S/C18H14ClN3S/c1-11(13-7-17(19)21-18(8-13)23-3)12-4-5-16-15(6-12)14(9-20)10-22(16)2/h4-8,10H,1H2,2-3H3. The Bertz CT molecular complexity index is 966. The van der Waals surface area contributed by atoms with Gasteiger partial charge in [0.2, 0.25) is 0 Å². The molecule has 2 aromatic heterocycles. The van der Waals surface area contributed by atoms with Gasteiger partial charge in [-0.25, -0.2) is 4.98 Å². The Morgan fingerprint density at radius 3 is 2.78 bits per heavy atom. The number of fused-ring (bicyclic) bond motifs is 1. The molecule has 0 spiro atoms. The third kappa shape index (κ3) is 2.86. The number of halogens is 1. The molecule has 114 valence electrons. The first kappa shape index (κ1) is 15.7. The van der Waals surface area contributed by atoms with Gasteiger partial charge < -0.3 is 4.57 Å². The number of hydrogen-bond acceptors (Lipinski definition) is 3. The van der Waals surface area contributed by atoms with E-state index in [1.807, 2.05) is 54.4 Å². The Kier molecular flexibility index (Phi) is 4.16. The van der Waals surface area contributed by atoms with Gasteiger partial charge in [0.25, 0.3) is 0 Å². The van der Waals surface area contributed by atoms with Crippen LogP contribution in [0.2, 0.25) is 5.15 Å². The fraction of sp³-hybridized carbons (Fsp3) is 0.111. The first-order valence-corrected chi connectivity index (χ1v) is 8.54. The highest BCUT2D eigenvalue weighted by Crippen LogP contribution is 2.30. The van der Waals surface area contributed by atoms with Crippen LogP contribution in [0.1, 0.15) is 16.7 Å². The van der Waals surface area contributed by atoms with Crippen LogP contribution in [0.3, 0.4) is 0 Å². The fourth-order valence-electron chi connectivity index (χ4n) is 2.59. The minimum absolute atomic E-state index is 0.450. The van der Waals surface area contributed by atoms with Crippen LogP contribution in [0, 0.1) is 11.3 Å². The molecule has 0 aliphatic heterocycles. The first-order chi connectivity index (χ1) is 11.0. The van der Waals surface area contributed by atoms with Crippen molar-refractivity contribution >= 4 is 39.8 Å². The summed E-state index contributed by atoms with van der Waals surface area (Å²) in [5.41, 5.74) is 4.45. The monoisotopic (exact) mass is 339 g/mol. The topological polar surface area (TPSA) is 41.6 Å². The van der Waals surface area contributed by atoms with Crippen molar-refractivity contribution in [2.45, 2.75) is 5.03 Å². The average Bonchev–Trinajstić information content (AvgIpc) is 2.89. The van der Waals surface area contributed by atoms with Crippen LogP contribution in [0.25, 0.3) is 16.5 Å². The van der Waals surface area contributed by atoms with E-state index in [1.54, 1.807) is 0 Å². The summed E-state index contributed by atoms with van der Waals surface area (Å²) in [5.74, 6) is 0. The molecule has 3 rings (SSSR count). The van der Waals surface area contributed by atoms with Gasteiger partial charge in [0.15, 0.2) is 0 Å². The lowest BCUT2D eigenvalue weighted by molar-refractivity contribution is 0.967. The molecule has 0 saturated carbocycles. The van der Waals surface area contributed by atoms with E-state index in [2.05, 4.69) is 17.6 Å². The second-order valence-electron chi connectivity index (χ2n) is 5.20. The summed E-state index contributed by atoms with van der Waals surface area (Å²) in [6.45, 7) is 4.20. The lowest BCUT2D eigenvalue weighted by Gasteiger charge is -2.09. The SMILES string of the molecule is C=C(c1cc(Cl)nc(SC)c1)c1ccc2c(c1)c(C#N)cn2C. The predicted octanol–water partition coefficient (Wildman–Crippen LogP) is 4.88. The second-order valence-corrected chi connectivity index (χ2v) is 6.41. The Labute approximate surface area is 144 Å². The molecule has 0 aliphatic carbocycles. The molecule has 5 heteroatoms. The maximum absolute atomic E-state index is 9.29. The number of hydrogen-bond donors (Lipinski definition) is 0. The lowest BCUT2D eigenvalue weighted by Crippen LogP contribution is -1.91. The molecule has 0 fully saturated rings. The number of benzene rings is 1. The van der Waals surface area contributed by atoms with Crippen molar-refractivity contribution in [3.05, 3.63) is 65.0 Å². The fourth-order valence-corrected chi connectivity index (χ4v) is 3.28. The highest BCUT2D eigenvalue weighted by Gasteiger charge is 2.11. The highest BCUT2D eigenvalue weighted by atomic mass is 35.5. The van der Waals surface area contributed by atoms with Gasteiger partial charge >= 0.3 is 0 Å². The number of aromatic nitrogens is 2. The minimum Gasteiger partial charge on any atom is -0.349 e. The Balaban J connectivity index is 2.11. The van der Waals surface area contributed by atoms with Gasteiger partial charge in [-0.2, -0.15) is 5.26 Å². The van der Waals surface area contributed by atoms with Crippen molar-refractivity contribution in [3.8, 4) is 6.07 Å². The zero-order chi connectivity index (χ0) is 16.6. The zero-order valence-electron chi connectivity index (χ0n) is 12.8. The molecule has 0 N–H and O–H groups in total. The summed E-state index contributed by atoms with van der Waals surface area (Å²) in [4.78, 5) is 4.25. The maximum atomic E-state index is 9.29. The summed E-state index contributed by atoms with van der Waals surface area (Å²) in [7, 11) is 1.94. The smallest absolute Gasteiger partial charge is 0.130 e. The van der Waals surface area contributed by atoms with Crippen molar-refractivity contribution in [2.75, 3.05) is 6.26 Å². The number of aryl methyl sites for hydroxylation is 1. The summed E-state index contributed by atoms with van der Waals surface area (Å²) in [6, 6.07) is 12.0. The lowest BCUT2D eigenvalue weighted by atomic mass is 9.98. The van der Waals surface area contributed by atoms with E-state index in [-0.39, 0.29) is 0 Å². The van der Waals surface area contributed by atoms with Gasteiger partial charge in [0.05, 0.1) is 10.6 Å². The highest BCUT2D eigenvalue weighted by molar-refractivity contribution is 7.98. The van der Waals surface area contributed by atoms with Crippen LogP contribution in [0.4, 0.5) is 0 Å². The molecule has 2 heterocycles. The number of nitriles is 1. The van der Waals surface area contributed by atoms with Crippen LogP contribution in [-0.2, 0) is 7.05 Å². The van der Waals surface area contributed by atoms with E-state index in [1.165, 1.54) is 11.8 Å². The number of thioether (sulfide) groups is 1. The molecule has 0 amide bonds. The Morgan fingerprint density at radius 2 is 2.09 bits per heavy atom. The van der Waals surface area contributed by atoms with Gasteiger partial charge in [-0.1, -0.05) is 24.2 Å². The number of pyridine rings is 1. The minimum atomic E-state index is 0.450. The van der Waals surface area contributed by atoms with Crippen molar-refractivity contribution < 1.29 is 0 Å². The molecule has 0 atom stereocenters. The molecular formula is C18H14ClN3S. The molecule has 0 radical (unpaired) electrons. The van der Waals surface area contributed by atoms with Crippen LogP contribution >= 0.6 is 23.4 Å². The van der Waals surface area contributed by atoms with Gasteiger partial charge in [0.1, 0.15) is 11.2 Å². The molecule has 1 aromatic carbocycles. The summed E-state index contributed by atoms with van der Waals surface area (Å²) < 4.78 is 1.95. The van der Waals surface area contributed by atoms with Gasteiger partial charge in [-0.3, -0.25) is 0 Å². The van der Waals surface area contributed by atoms with Crippen molar-refractivity contribution in [2.24, 2.45) is 7.05 Å². The van der Waals surface area contributed by atoms with Gasteiger partial charge in [0, 0.05) is 24.1 Å². The molecule has 0 unspecified atom stereocenters. The van der Waals surface area contributed by atoms with Crippen LogP contribution in [-0.4, -0.2) is 15.8 Å². The Morgan fingerprint density at radius 1 is 1.30 bits per heavy atom. The third-order valence-electron chi connectivity index (χ3n) is 3.79. The molecule has 0 saturated heterocycles. The van der Waals surface area contributed by atoms with Crippen molar-refractivity contribution in [1.29, 1.82) is 5.26 Å². The third-order valence-corrected chi connectivity index (χ3v) is 4.61. The van der Waals surface area contributed by atoms with Crippen molar-refractivity contribution in [3.63, 3.8) is 0 Å². The van der Waals surface area contributed by atoms with E-state index in [4.69, 9.17) is 11.6 Å². The first-order valence-electron chi connectivity index (χ1n) is 6.94. The quantitative estimate of drug-likeness (QED) is 0.504. The molecular weight excluding hydrogens is 326 g/mol. The Hall–Kier alpha value is -2.22. The van der Waals surface area contributed by atoms with Crippen LogP contribution in [0.15, 0.2) is 48.1 Å². The maximum Gasteiger partial charge on any atom is 0.130 e. The van der Waals surface area contributed by atoms with Gasteiger partial charge in [-0.15, -0.1) is 11.8 Å². The molecule has 3 aromatic rings.